The third kappa shape index (κ3) is 2.23. The summed E-state index contributed by atoms with van der Waals surface area (Å²) in [6, 6.07) is 10.9. The minimum Gasteiger partial charge on any atom is -0.455 e. The summed E-state index contributed by atoms with van der Waals surface area (Å²) in [5.41, 5.74) is 0.855. The van der Waals surface area contributed by atoms with E-state index in [1.54, 1.807) is 12.1 Å². The minimum absolute atomic E-state index is 0.169. The van der Waals surface area contributed by atoms with Crippen molar-refractivity contribution in [2.75, 3.05) is 0 Å². The molecule has 1 aliphatic heterocycles. The zero-order chi connectivity index (χ0) is 19.0. The number of rotatable bonds is 3. The van der Waals surface area contributed by atoms with E-state index in [-0.39, 0.29) is 35.5 Å². The standard InChI is InChI=1S/C22H17ClN2O3/c23-12-3-1-2-11(8-12)18-7-4-13(28-18)10-24-25-21(26)19-14-5-6-15(17-9-16(14)17)20(19)22(25)27/h1-8,10,14-17,19-20H,9H2/t14-,15-,16-,17-,19-,20+/m0/s1. The van der Waals surface area contributed by atoms with Crippen LogP contribution in [0.5, 0.6) is 0 Å². The van der Waals surface area contributed by atoms with E-state index in [2.05, 4.69) is 17.3 Å². The molecule has 2 heterocycles. The molecule has 2 aromatic rings. The molecule has 4 aliphatic carbocycles. The summed E-state index contributed by atoms with van der Waals surface area (Å²) in [7, 11) is 0. The molecule has 7 rings (SSSR count). The molecule has 1 saturated heterocycles. The van der Waals surface area contributed by atoms with Crippen LogP contribution in [0.4, 0.5) is 0 Å². The number of carbonyl (C=O) groups is 2. The first kappa shape index (κ1) is 16.3. The second-order valence-electron chi connectivity index (χ2n) is 8.10. The Balaban J connectivity index is 1.25. The molecule has 1 aromatic heterocycles. The van der Waals surface area contributed by atoms with Gasteiger partial charge in [-0.25, -0.2) is 0 Å². The molecular formula is C22H17ClN2O3. The molecule has 2 saturated carbocycles. The van der Waals surface area contributed by atoms with Gasteiger partial charge in [-0.05, 0) is 54.4 Å². The van der Waals surface area contributed by atoms with Gasteiger partial charge in [-0.1, -0.05) is 35.9 Å². The molecule has 0 unspecified atom stereocenters. The van der Waals surface area contributed by atoms with Gasteiger partial charge in [0, 0.05) is 10.6 Å². The maximum Gasteiger partial charge on any atom is 0.254 e. The average Bonchev–Trinajstić information content (AvgIpc) is 3.33. The van der Waals surface area contributed by atoms with E-state index in [4.69, 9.17) is 16.0 Å². The largest absolute Gasteiger partial charge is 0.455 e. The van der Waals surface area contributed by atoms with Crippen LogP contribution in [0, 0.1) is 35.5 Å². The molecule has 2 amide bonds. The molecule has 140 valence electrons. The Labute approximate surface area is 166 Å². The number of furan rings is 1. The Bertz CT molecular complexity index is 1040. The summed E-state index contributed by atoms with van der Waals surface area (Å²) in [6.45, 7) is 0. The zero-order valence-electron chi connectivity index (χ0n) is 14.9. The van der Waals surface area contributed by atoms with Crippen molar-refractivity contribution in [3.05, 3.63) is 59.3 Å². The number of benzene rings is 1. The van der Waals surface area contributed by atoms with E-state index in [9.17, 15) is 9.59 Å². The van der Waals surface area contributed by atoms with Gasteiger partial charge < -0.3 is 4.42 Å². The van der Waals surface area contributed by atoms with Crippen LogP contribution in [0.2, 0.25) is 5.02 Å². The number of imide groups is 1. The molecule has 6 heteroatoms. The molecule has 3 fully saturated rings. The maximum absolute atomic E-state index is 12.9. The van der Waals surface area contributed by atoms with Crippen LogP contribution < -0.4 is 0 Å². The van der Waals surface area contributed by atoms with Crippen molar-refractivity contribution >= 4 is 29.6 Å². The maximum atomic E-state index is 12.9. The molecule has 1 aromatic carbocycles. The van der Waals surface area contributed by atoms with Crippen LogP contribution in [0.15, 0.2) is 58.1 Å². The lowest BCUT2D eigenvalue weighted by atomic mass is 9.63. The van der Waals surface area contributed by atoms with E-state index in [1.807, 2.05) is 24.3 Å². The van der Waals surface area contributed by atoms with Gasteiger partial charge in [-0.15, -0.1) is 0 Å². The minimum atomic E-state index is -0.234. The molecule has 6 atom stereocenters. The third-order valence-corrected chi connectivity index (χ3v) is 6.91. The molecule has 0 spiro atoms. The van der Waals surface area contributed by atoms with E-state index in [0.29, 0.717) is 28.4 Å². The number of amides is 2. The fourth-order valence-electron chi connectivity index (χ4n) is 5.39. The first-order valence-corrected chi connectivity index (χ1v) is 9.95. The highest BCUT2D eigenvalue weighted by molar-refractivity contribution is 6.30. The van der Waals surface area contributed by atoms with Crippen LogP contribution >= 0.6 is 11.6 Å². The monoisotopic (exact) mass is 392 g/mol. The number of hydrogen-bond acceptors (Lipinski definition) is 4. The summed E-state index contributed by atoms with van der Waals surface area (Å²) in [5.74, 6) is 1.90. The van der Waals surface area contributed by atoms with E-state index in [1.165, 1.54) is 6.21 Å². The van der Waals surface area contributed by atoms with Gasteiger partial charge in [0.1, 0.15) is 11.5 Å². The summed E-state index contributed by atoms with van der Waals surface area (Å²) >= 11 is 6.03. The van der Waals surface area contributed by atoms with E-state index < -0.39 is 0 Å². The van der Waals surface area contributed by atoms with Crippen LogP contribution in [-0.4, -0.2) is 23.0 Å². The molecule has 28 heavy (non-hydrogen) atoms. The highest BCUT2D eigenvalue weighted by atomic mass is 35.5. The van der Waals surface area contributed by atoms with Crippen molar-refractivity contribution in [3.8, 4) is 11.3 Å². The number of hydrazone groups is 1. The number of carbonyl (C=O) groups excluding carboxylic acids is 2. The first-order chi connectivity index (χ1) is 13.6. The fourth-order valence-corrected chi connectivity index (χ4v) is 5.58. The average molecular weight is 393 g/mol. The Morgan fingerprint density at radius 1 is 1.04 bits per heavy atom. The highest BCUT2D eigenvalue weighted by Gasteiger charge is 2.67. The van der Waals surface area contributed by atoms with Crippen molar-refractivity contribution in [1.29, 1.82) is 0 Å². The second kappa shape index (κ2) is 5.67. The number of nitrogens with zero attached hydrogens (tertiary/aromatic N) is 2. The van der Waals surface area contributed by atoms with Crippen molar-refractivity contribution in [1.82, 2.24) is 5.01 Å². The molecule has 2 bridgehead atoms. The SMILES string of the molecule is O=C1[C@@H]2[C@H]3C=C[C@@H]([C@@H]4C[C@@H]34)[C@@H]2C(=O)N1N=Cc1ccc(-c2cccc(Cl)c2)o1. The Kier molecular flexibility index (Phi) is 3.30. The van der Waals surface area contributed by atoms with Crippen LogP contribution in [-0.2, 0) is 9.59 Å². The quantitative estimate of drug-likeness (QED) is 0.451. The Morgan fingerprint density at radius 2 is 1.75 bits per heavy atom. The summed E-state index contributed by atoms with van der Waals surface area (Å²) < 4.78 is 5.78. The van der Waals surface area contributed by atoms with Crippen molar-refractivity contribution < 1.29 is 14.0 Å². The predicted molar refractivity (Wildman–Crippen MR) is 103 cm³/mol. The number of halogens is 1. The van der Waals surface area contributed by atoms with Crippen molar-refractivity contribution in [3.63, 3.8) is 0 Å². The van der Waals surface area contributed by atoms with Gasteiger partial charge in [0.2, 0.25) is 0 Å². The number of allylic oxidation sites excluding steroid dienone is 2. The normalized spacial score (nSPS) is 35.0. The topological polar surface area (TPSA) is 62.9 Å². The number of hydrogen-bond donors (Lipinski definition) is 0. The lowest BCUT2D eigenvalue weighted by Gasteiger charge is -2.37. The lowest BCUT2D eigenvalue weighted by molar-refractivity contribution is -0.140. The van der Waals surface area contributed by atoms with Gasteiger partial charge in [-0.3, -0.25) is 9.59 Å². The smallest absolute Gasteiger partial charge is 0.254 e. The van der Waals surface area contributed by atoms with Gasteiger partial charge in [0.15, 0.2) is 0 Å². The molecule has 0 radical (unpaired) electrons. The lowest BCUT2D eigenvalue weighted by Crippen LogP contribution is -2.40. The first-order valence-electron chi connectivity index (χ1n) is 9.58. The second-order valence-corrected chi connectivity index (χ2v) is 8.54. The van der Waals surface area contributed by atoms with Crippen molar-refractivity contribution in [2.45, 2.75) is 6.42 Å². The third-order valence-electron chi connectivity index (χ3n) is 6.68. The predicted octanol–water partition coefficient (Wildman–Crippen LogP) is 3.99. The molecule has 5 aliphatic rings. The Morgan fingerprint density at radius 3 is 2.43 bits per heavy atom. The zero-order valence-corrected chi connectivity index (χ0v) is 15.6. The van der Waals surface area contributed by atoms with Crippen LogP contribution in [0.1, 0.15) is 12.2 Å². The van der Waals surface area contributed by atoms with Gasteiger partial charge >= 0.3 is 0 Å². The van der Waals surface area contributed by atoms with E-state index in [0.717, 1.165) is 17.0 Å². The van der Waals surface area contributed by atoms with Crippen LogP contribution in [0.25, 0.3) is 11.3 Å². The molecule has 0 N–H and O–H groups in total. The van der Waals surface area contributed by atoms with Gasteiger partial charge in [-0.2, -0.15) is 10.1 Å². The summed E-state index contributed by atoms with van der Waals surface area (Å²) in [5, 5.41) is 5.89. The van der Waals surface area contributed by atoms with E-state index >= 15 is 0 Å². The summed E-state index contributed by atoms with van der Waals surface area (Å²) in [4.78, 5) is 25.8. The molecule has 5 nitrogen and oxygen atoms in total. The van der Waals surface area contributed by atoms with Gasteiger partial charge in [0.05, 0.1) is 18.1 Å². The van der Waals surface area contributed by atoms with Crippen LogP contribution in [0.3, 0.4) is 0 Å². The summed E-state index contributed by atoms with van der Waals surface area (Å²) in [6.07, 6.45) is 6.90. The Hall–Kier alpha value is -2.66. The fraction of sp³-hybridized carbons (Fsp3) is 0.318. The highest BCUT2D eigenvalue weighted by Crippen LogP contribution is 2.65. The van der Waals surface area contributed by atoms with Gasteiger partial charge in [0.25, 0.3) is 11.8 Å². The van der Waals surface area contributed by atoms with Crippen molar-refractivity contribution in [2.24, 2.45) is 40.6 Å². The molecular weight excluding hydrogens is 376 g/mol.